The lowest BCUT2D eigenvalue weighted by molar-refractivity contribution is 0.305. The van der Waals surface area contributed by atoms with Crippen LogP contribution in [-0.2, 0) is 6.61 Å². The molecule has 0 aromatic heterocycles. The zero-order valence-electron chi connectivity index (χ0n) is 10.9. The van der Waals surface area contributed by atoms with Gasteiger partial charge in [-0.25, -0.2) is 0 Å². The summed E-state index contributed by atoms with van der Waals surface area (Å²) < 4.78 is 5.80. The monoisotopic (exact) mass is 241 g/mol. The minimum Gasteiger partial charge on any atom is -0.489 e. The Kier molecular flexibility index (Phi) is 4.37. The van der Waals surface area contributed by atoms with Crippen LogP contribution in [0.3, 0.4) is 0 Å². The van der Waals surface area contributed by atoms with E-state index < -0.39 is 0 Å². The van der Waals surface area contributed by atoms with Crippen molar-refractivity contribution in [1.82, 2.24) is 5.32 Å². The maximum Gasteiger partial charge on any atom is 0.120 e. The second-order valence-corrected chi connectivity index (χ2v) is 4.36. The van der Waals surface area contributed by atoms with E-state index in [1.807, 2.05) is 37.4 Å². The second-order valence-electron chi connectivity index (χ2n) is 4.36. The highest BCUT2D eigenvalue weighted by Crippen LogP contribution is 2.19. The number of hydrogen-bond donors (Lipinski definition) is 1. The van der Waals surface area contributed by atoms with Gasteiger partial charge < -0.3 is 10.1 Å². The first kappa shape index (κ1) is 12.7. The van der Waals surface area contributed by atoms with Gasteiger partial charge in [0, 0.05) is 6.04 Å². The Labute approximate surface area is 109 Å². The smallest absolute Gasteiger partial charge is 0.120 e. The Morgan fingerprint density at radius 1 is 1.06 bits per heavy atom. The maximum atomic E-state index is 5.80. The maximum absolute atomic E-state index is 5.80. The molecule has 0 aliphatic heterocycles. The molecule has 0 saturated heterocycles. The number of ether oxygens (including phenoxy) is 1. The van der Waals surface area contributed by atoms with E-state index in [0.29, 0.717) is 12.6 Å². The molecule has 1 N–H and O–H groups in total. The molecule has 0 heterocycles. The van der Waals surface area contributed by atoms with Crippen LogP contribution in [0.25, 0.3) is 0 Å². The molecule has 2 aromatic carbocycles. The van der Waals surface area contributed by atoms with Crippen LogP contribution in [0.1, 0.15) is 24.1 Å². The van der Waals surface area contributed by atoms with Crippen molar-refractivity contribution in [1.29, 1.82) is 0 Å². The van der Waals surface area contributed by atoms with Gasteiger partial charge in [-0.05, 0) is 37.2 Å². The van der Waals surface area contributed by atoms with E-state index in [1.165, 1.54) is 11.1 Å². The van der Waals surface area contributed by atoms with E-state index in [1.54, 1.807) is 0 Å². The van der Waals surface area contributed by atoms with Gasteiger partial charge in [-0.2, -0.15) is 0 Å². The van der Waals surface area contributed by atoms with Crippen molar-refractivity contribution in [2.75, 3.05) is 7.05 Å². The first-order valence-corrected chi connectivity index (χ1v) is 6.23. The van der Waals surface area contributed by atoms with Gasteiger partial charge in [0.05, 0.1) is 0 Å². The summed E-state index contributed by atoms with van der Waals surface area (Å²) in [6.07, 6.45) is 0. The third-order valence-electron chi connectivity index (χ3n) is 3.04. The molecule has 94 valence electrons. The summed E-state index contributed by atoms with van der Waals surface area (Å²) in [5, 5.41) is 3.23. The lowest BCUT2D eigenvalue weighted by Gasteiger charge is -2.12. The molecule has 18 heavy (non-hydrogen) atoms. The minimum absolute atomic E-state index is 0.338. The molecule has 0 spiro atoms. The largest absolute Gasteiger partial charge is 0.489 e. The molecule has 0 amide bonds. The molecule has 2 nitrogen and oxygen atoms in total. The number of benzene rings is 2. The SMILES string of the molecule is CN[C@H](C)c1cccc(OCc2ccccc2)c1. The summed E-state index contributed by atoms with van der Waals surface area (Å²) in [6.45, 7) is 2.74. The standard InChI is InChI=1S/C16H19NO/c1-13(17-2)15-9-6-10-16(11-15)18-12-14-7-4-3-5-8-14/h3-11,13,17H,12H2,1-2H3/t13-/m1/s1. The minimum atomic E-state index is 0.338. The van der Waals surface area contributed by atoms with Gasteiger partial charge in [-0.3, -0.25) is 0 Å². The highest BCUT2D eigenvalue weighted by Gasteiger charge is 2.03. The van der Waals surface area contributed by atoms with Crippen molar-refractivity contribution in [2.24, 2.45) is 0 Å². The van der Waals surface area contributed by atoms with Crippen LogP contribution < -0.4 is 10.1 Å². The van der Waals surface area contributed by atoms with Crippen LogP contribution in [0.5, 0.6) is 5.75 Å². The van der Waals surface area contributed by atoms with Crippen molar-refractivity contribution in [3.63, 3.8) is 0 Å². The Hall–Kier alpha value is -1.80. The quantitative estimate of drug-likeness (QED) is 0.864. The number of hydrogen-bond acceptors (Lipinski definition) is 2. The normalized spacial score (nSPS) is 12.1. The Balaban J connectivity index is 2.01. The molecule has 0 unspecified atom stereocenters. The van der Waals surface area contributed by atoms with Crippen LogP contribution in [0, 0.1) is 0 Å². The van der Waals surface area contributed by atoms with Crippen LogP contribution in [0.15, 0.2) is 54.6 Å². The molecule has 0 bridgehead atoms. The van der Waals surface area contributed by atoms with E-state index >= 15 is 0 Å². The number of nitrogens with one attached hydrogen (secondary N) is 1. The third kappa shape index (κ3) is 3.34. The first-order valence-electron chi connectivity index (χ1n) is 6.23. The highest BCUT2D eigenvalue weighted by atomic mass is 16.5. The summed E-state index contributed by atoms with van der Waals surface area (Å²) in [4.78, 5) is 0. The fourth-order valence-electron chi connectivity index (χ4n) is 1.78. The highest BCUT2D eigenvalue weighted by molar-refractivity contribution is 5.30. The van der Waals surface area contributed by atoms with Gasteiger partial charge in [-0.1, -0.05) is 42.5 Å². The molecular formula is C16H19NO. The van der Waals surface area contributed by atoms with Gasteiger partial charge in [-0.15, -0.1) is 0 Å². The van der Waals surface area contributed by atoms with Crippen molar-refractivity contribution in [2.45, 2.75) is 19.6 Å². The Morgan fingerprint density at radius 3 is 2.56 bits per heavy atom. The second kappa shape index (κ2) is 6.22. The molecular weight excluding hydrogens is 222 g/mol. The van der Waals surface area contributed by atoms with E-state index in [4.69, 9.17) is 4.74 Å². The summed E-state index contributed by atoms with van der Waals surface area (Å²) in [7, 11) is 1.96. The van der Waals surface area contributed by atoms with Gasteiger partial charge in [0.25, 0.3) is 0 Å². The van der Waals surface area contributed by atoms with E-state index in [-0.39, 0.29) is 0 Å². The summed E-state index contributed by atoms with van der Waals surface area (Å²) in [6, 6.07) is 18.8. The molecule has 0 aliphatic carbocycles. The summed E-state index contributed by atoms with van der Waals surface area (Å²) in [5.74, 6) is 0.915. The fraction of sp³-hybridized carbons (Fsp3) is 0.250. The van der Waals surface area contributed by atoms with Gasteiger partial charge in [0.15, 0.2) is 0 Å². The predicted molar refractivity (Wildman–Crippen MR) is 74.7 cm³/mol. The van der Waals surface area contributed by atoms with Crippen molar-refractivity contribution in [3.05, 3.63) is 65.7 Å². The van der Waals surface area contributed by atoms with E-state index in [0.717, 1.165) is 5.75 Å². The zero-order valence-corrected chi connectivity index (χ0v) is 10.9. The summed E-state index contributed by atoms with van der Waals surface area (Å²) in [5.41, 5.74) is 2.42. The molecule has 2 rings (SSSR count). The van der Waals surface area contributed by atoms with E-state index in [9.17, 15) is 0 Å². The van der Waals surface area contributed by atoms with Crippen LogP contribution in [-0.4, -0.2) is 7.05 Å². The lowest BCUT2D eigenvalue weighted by Crippen LogP contribution is -2.12. The molecule has 0 saturated carbocycles. The summed E-state index contributed by atoms with van der Waals surface area (Å²) >= 11 is 0. The van der Waals surface area contributed by atoms with Crippen molar-refractivity contribution < 1.29 is 4.74 Å². The van der Waals surface area contributed by atoms with Crippen molar-refractivity contribution >= 4 is 0 Å². The molecule has 2 aromatic rings. The molecule has 0 radical (unpaired) electrons. The van der Waals surface area contributed by atoms with Gasteiger partial charge in [0.2, 0.25) is 0 Å². The molecule has 0 aliphatic rings. The molecule has 0 fully saturated rings. The first-order chi connectivity index (χ1) is 8.79. The average molecular weight is 241 g/mol. The van der Waals surface area contributed by atoms with Crippen LogP contribution in [0.4, 0.5) is 0 Å². The van der Waals surface area contributed by atoms with Gasteiger partial charge in [0.1, 0.15) is 12.4 Å². The number of rotatable bonds is 5. The molecule has 1 atom stereocenters. The third-order valence-corrected chi connectivity index (χ3v) is 3.04. The van der Waals surface area contributed by atoms with Crippen molar-refractivity contribution in [3.8, 4) is 5.75 Å². The average Bonchev–Trinajstić information content (AvgIpc) is 2.45. The molecule has 2 heteroatoms. The fourth-order valence-corrected chi connectivity index (χ4v) is 1.78. The lowest BCUT2D eigenvalue weighted by atomic mass is 10.1. The Morgan fingerprint density at radius 2 is 1.83 bits per heavy atom. The van der Waals surface area contributed by atoms with Gasteiger partial charge >= 0.3 is 0 Å². The van der Waals surface area contributed by atoms with Crippen LogP contribution in [0.2, 0.25) is 0 Å². The van der Waals surface area contributed by atoms with Crippen LogP contribution >= 0.6 is 0 Å². The predicted octanol–water partition coefficient (Wildman–Crippen LogP) is 3.55. The Bertz CT molecular complexity index is 481. The van der Waals surface area contributed by atoms with E-state index in [2.05, 4.69) is 36.5 Å². The topological polar surface area (TPSA) is 21.3 Å². The zero-order chi connectivity index (χ0) is 12.8.